The van der Waals surface area contributed by atoms with Crippen molar-refractivity contribution in [2.75, 3.05) is 11.4 Å². The number of halogens is 2. The number of nitrogens with zero attached hydrogens (tertiary/aromatic N) is 3. The molecular formula is C39H51F2N11O5. The van der Waals surface area contributed by atoms with E-state index in [2.05, 4.69) is 25.9 Å². The van der Waals surface area contributed by atoms with Crippen LogP contribution in [-0.4, -0.2) is 72.2 Å². The molecular weight excluding hydrogens is 740 g/mol. The number of anilines is 1. The monoisotopic (exact) mass is 791 g/mol. The maximum absolute atomic E-state index is 14.5. The van der Waals surface area contributed by atoms with Crippen LogP contribution in [0.3, 0.4) is 0 Å². The smallest absolute Gasteiger partial charge is 0.244 e. The molecule has 3 rings (SSSR count). The molecule has 16 nitrogen and oxygen atoms in total. The maximum Gasteiger partial charge on any atom is 0.244 e. The average Bonchev–Trinajstić information content (AvgIpc) is 3.12. The highest BCUT2D eigenvalue weighted by molar-refractivity contribution is 6.01. The quantitative estimate of drug-likeness (QED) is 0.0462. The summed E-state index contributed by atoms with van der Waals surface area (Å²) in [5.41, 5.74) is 28.8. The Hall–Kier alpha value is -6.59. The van der Waals surface area contributed by atoms with Crippen molar-refractivity contribution >= 4 is 52.8 Å². The van der Waals surface area contributed by atoms with Gasteiger partial charge in [0.1, 0.15) is 35.8 Å². The molecule has 0 aliphatic heterocycles. The molecule has 18 heteroatoms. The van der Waals surface area contributed by atoms with Crippen LogP contribution in [0.15, 0.2) is 82.8 Å². The lowest BCUT2D eigenvalue weighted by Crippen LogP contribution is -2.59. The van der Waals surface area contributed by atoms with Crippen molar-refractivity contribution < 1.29 is 32.8 Å². The lowest BCUT2D eigenvalue weighted by molar-refractivity contribution is -0.134. The molecule has 13 N–H and O–H groups in total. The first-order chi connectivity index (χ1) is 26.9. The molecule has 0 unspecified atom stereocenters. The third-order valence-electron chi connectivity index (χ3n) is 8.59. The number of nitrogens with one attached hydrogen (secondary N) is 3. The summed E-state index contributed by atoms with van der Waals surface area (Å²) in [7, 11) is 0. The summed E-state index contributed by atoms with van der Waals surface area (Å²) in [5, 5.41) is 8.07. The van der Waals surface area contributed by atoms with Crippen molar-refractivity contribution in [2.24, 2.45) is 44.6 Å². The van der Waals surface area contributed by atoms with Gasteiger partial charge in [-0.15, -0.1) is 0 Å². The summed E-state index contributed by atoms with van der Waals surface area (Å²) in [6, 6.07) is 11.8. The fourth-order valence-corrected chi connectivity index (χ4v) is 5.96. The number of rotatable bonds is 20. The zero-order chi connectivity index (χ0) is 42.2. The highest BCUT2D eigenvalue weighted by Crippen LogP contribution is 2.23. The van der Waals surface area contributed by atoms with Gasteiger partial charge in [-0.3, -0.25) is 33.9 Å². The van der Waals surface area contributed by atoms with E-state index < -0.39 is 65.3 Å². The lowest BCUT2D eigenvalue weighted by atomic mass is 9.99. The van der Waals surface area contributed by atoms with Gasteiger partial charge < -0.3 is 44.6 Å². The molecule has 3 aromatic carbocycles. The van der Waals surface area contributed by atoms with Gasteiger partial charge in [0.05, 0.1) is 5.69 Å². The van der Waals surface area contributed by atoms with E-state index in [1.807, 2.05) is 13.8 Å². The zero-order valence-electron chi connectivity index (χ0n) is 32.1. The van der Waals surface area contributed by atoms with Crippen LogP contribution in [0.1, 0.15) is 51.2 Å². The number of hydrogen-bond donors (Lipinski definition) is 8. The number of primary amides is 1. The Morgan fingerprint density at radius 1 is 0.702 bits per heavy atom. The fourth-order valence-electron chi connectivity index (χ4n) is 5.96. The predicted molar refractivity (Wildman–Crippen MR) is 213 cm³/mol. The first-order valence-corrected chi connectivity index (χ1v) is 18.2. The molecule has 0 radical (unpaired) electrons. The third-order valence-corrected chi connectivity index (χ3v) is 8.59. The van der Waals surface area contributed by atoms with Crippen molar-refractivity contribution in [3.05, 3.63) is 95.6 Å². The molecule has 306 valence electrons. The number of guanidine groups is 2. The maximum atomic E-state index is 14.5. The van der Waals surface area contributed by atoms with Crippen molar-refractivity contribution in [2.45, 2.75) is 77.0 Å². The van der Waals surface area contributed by atoms with E-state index in [1.54, 1.807) is 24.3 Å². The average molecular weight is 792 g/mol. The molecule has 3 aromatic rings. The second-order valence-electron chi connectivity index (χ2n) is 13.8. The SMILES string of the molecule is CC(=O)N(c1cccc(F)c1)[C@@H](Cc1ccc(F)cc1)C(=O)N[C@@H](Cc1ccc(N=C(N)N)cc1)C(=O)N[C@@H](CC(C)C)C(=O)N[C@@H](CCCN=C(N)N)C(N)=O. The molecule has 0 aromatic heterocycles. The van der Waals surface area contributed by atoms with Crippen molar-refractivity contribution in [1.29, 1.82) is 0 Å². The van der Waals surface area contributed by atoms with Crippen LogP contribution in [0.4, 0.5) is 20.2 Å². The van der Waals surface area contributed by atoms with E-state index in [0.717, 1.165) is 11.0 Å². The van der Waals surface area contributed by atoms with Gasteiger partial charge in [-0.2, -0.15) is 0 Å². The van der Waals surface area contributed by atoms with Gasteiger partial charge in [0.25, 0.3) is 0 Å². The highest BCUT2D eigenvalue weighted by atomic mass is 19.1. The molecule has 0 fully saturated rings. The first kappa shape index (κ1) is 44.8. The van der Waals surface area contributed by atoms with Crippen molar-refractivity contribution in [3.8, 4) is 0 Å². The lowest BCUT2D eigenvalue weighted by Gasteiger charge is -2.32. The summed E-state index contributed by atoms with van der Waals surface area (Å²) in [4.78, 5) is 76.8. The minimum absolute atomic E-state index is 0.0667. The molecule has 0 spiro atoms. The number of carbonyl (C=O) groups is 5. The molecule has 4 atom stereocenters. The highest BCUT2D eigenvalue weighted by Gasteiger charge is 2.35. The molecule has 0 heterocycles. The van der Waals surface area contributed by atoms with E-state index in [9.17, 15) is 32.8 Å². The van der Waals surface area contributed by atoms with E-state index in [0.29, 0.717) is 23.2 Å². The van der Waals surface area contributed by atoms with Gasteiger partial charge in [0, 0.05) is 32.0 Å². The number of hydrogen-bond acceptors (Lipinski definition) is 7. The number of carbonyl (C=O) groups excluding carboxylic acids is 5. The third kappa shape index (κ3) is 14.9. The number of nitrogens with two attached hydrogens (primary N) is 5. The number of aliphatic imine (C=N–C) groups is 2. The Kier molecular flexibility index (Phi) is 16.9. The van der Waals surface area contributed by atoms with Crippen LogP contribution in [0.25, 0.3) is 0 Å². The van der Waals surface area contributed by atoms with E-state index in [-0.39, 0.29) is 55.8 Å². The van der Waals surface area contributed by atoms with Crippen LogP contribution in [0, 0.1) is 17.6 Å². The van der Waals surface area contributed by atoms with E-state index in [4.69, 9.17) is 28.7 Å². The van der Waals surface area contributed by atoms with E-state index in [1.165, 1.54) is 49.4 Å². The summed E-state index contributed by atoms with van der Waals surface area (Å²) >= 11 is 0. The van der Waals surface area contributed by atoms with Gasteiger partial charge in [-0.25, -0.2) is 13.8 Å². The normalized spacial score (nSPS) is 12.9. The van der Waals surface area contributed by atoms with Crippen LogP contribution >= 0.6 is 0 Å². The molecule has 5 amide bonds. The largest absolute Gasteiger partial charge is 0.370 e. The zero-order valence-corrected chi connectivity index (χ0v) is 32.1. The number of amides is 5. The standard InChI is InChI=1S/C39H51F2N11O5/c1-22(2)18-31(35(55)49-30(34(42)54)8-5-17-47-38(43)44)50-36(56)32(19-24-11-15-28(16-12-24)48-39(45)46)51-37(57)33(20-25-9-13-26(40)14-10-25)52(23(3)53)29-7-4-6-27(41)21-29/h4,6-7,9-16,21-22,30-33H,5,8,17-20H2,1-3H3,(H2,42,54)(H,49,55)(H,50,56)(H,51,57)(H4,43,44,47)(H4,45,46,48)/t30-,31-,32-,33-/m0/s1. The molecule has 57 heavy (non-hydrogen) atoms. The second kappa shape index (κ2) is 21.5. The molecule has 0 aliphatic rings. The van der Waals surface area contributed by atoms with Crippen LogP contribution in [0.5, 0.6) is 0 Å². The van der Waals surface area contributed by atoms with E-state index >= 15 is 0 Å². The molecule has 0 bridgehead atoms. The minimum atomic E-state index is -1.36. The Bertz CT molecular complexity index is 1920. The summed E-state index contributed by atoms with van der Waals surface area (Å²) in [6.45, 7) is 5.04. The van der Waals surface area contributed by atoms with Crippen molar-refractivity contribution in [1.82, 2.24) is 16.0 Å². The van der Waals surface area contributed by atoms with Gasteiger partial charge in [-0.05, 0) is 78.8 Å². The van der Waals surface area contributed by atoms with Gasteiger partial charge in [0.15, 0.2) is 11.9 Å². The Morgan fingerprint density at radius 2 is 1.28 bits per heavy atom. The fraction of sp³-hybridized carbons (Fsp3) is 0.359. The van der Waals surface area contributed by atoms with Crippen LogP contribution < -0.4 is 49.5 Å². The van der Waals surface area contributed by atoms with Crippen molar-refractivity contribution in [3.63, 3.8) is 0 Å². The Morgan fingerprint density at radius 3 is 1.84 bits per heavy atom. The summed E-state index contributed by atoms with van der Waals surface area (Å²) < 4.78 is 28.3. The Labute approximate surface area is 329 Å². The van der Waals surface area contributed by atoms with Crippen LogP contribution in [-0.2, 0) is 36.8 Å². The molecule has 0 aliphatic carbocycles. The molecule has 0 saturated heterocycles. The first-order valence-electron chi connectivity index (χ1n) is 18.2. The summed E-state index contributed by atoms with van der Waals surface area (Å²) in [5.74, 6) is -5.32. The predicted octanol–water partition coefficient (Wildman–Crippen LogP) is 1.12. The summed E-state index contributed by atoms with van der Waals surface area (Å²) in [6.07, 6.45) is 0.292. The topological polar surface area (TPSA) is 280 Å². The second-order valence-corrected chi connectivity index (χ2v) is 13.8. The van der Waals surface area contributed by atoms with Gasteiger partial charge in [-0.1, -0.05) is 44.2 Å². The number of benzene rings is 3. The van der Waals surface area contributed by atoms with Gasteiger partial charge >= 0.3 is 0 Å². The van der Waals surface area contributed by atoms with Gasteiger partial charge in [0.2, 0.25) is 29.5 Å². The Balaban J connectivity index is 2.02. The van der Waals surface area contributed by atoms with Crippen LogP contribution in [0.2, 0.25) is 0 Å². The molecule has 0 saturated carbocycles. The minimum Gasteiger partial charge on any atom is -0.370 e.